The van der Waals surface area contributed by atoms with Gasteiger partial charge in [-0.05, 0) is 48.9 Å². The smallest absolute Gasteiger partial charge is 0.0411 e. The van der Waals surface area contributed by atoms with Crippen LogP contribution in [-0.2, 0) is 6.54 Å². The van der Waals surface area contributed by atoms with Crippen LogP contribution < -0.4 is 10.2 Å². The van der Waals surface area contributed by atoms with E-state index < -0.39 is 0 Å². The molecule has 0 bridgehead atoms. The molecule has 1 heterocycles. The molecule has 1 aliphatic heterocycles. The average Bonchev–Trinajstić information content (AvgIpc) is 2.93. The first-order chi connectivity index (χ1) is 9.31. The summed E-state index contributed by atoms with van der Waals surface area (Å²) in [6.45, 7) is 6.86. The molecule has 1 fully saturated rings. The van der Waals surface area contributed by atoms with Crippen molar-refractivity contribution in [1.82, 2.24) is 5.32 Å². The molecule has 0 radical (unpaired) electrons. The standard InChI is InChI=1S/C16H26N2S/c1-14(13-19-2)11-17-12-15-7-3-4-8-16(15)18-9-5-6-10-18/h3-4,7-8,14,17H,5-6,9-13H2,1-2H3. The predicted octanol–water partition coefficient (Wildman–Crippen LogP) is 3.38. The molecule has 19 heavy (non-hydrogen) atoms. The van der Waals surface area contributed by atoms with E-state index in [0.717, 1.165) is 19.0 Å². The number of hydrogen-bond donors (Lipinski definition) is 1. The molecule has 1 aromatic carbocycles. The molecule has 0 amide bonds. The molecular weight excluding hydrogens is 252 g/mol. The van der Waals surface area contributed by atoms with Crippen LogP contribution in [0.4, 0.5) is 5.69 Å². The lowest BCUT2D eigenvalue weighted by atomic mass is 10.1. The Morgan fingerprint density at radius 3 is 2.74 bits per heavy atom. The minimum atomic E-state index is 0.744. The predicted molar refractivity (Wildman–Crippen MR) is 87.1 cm³/mol. The monoisotopic (exact) mass is 278 g/mol. The number of benzene rings is 1. The van der Waals surface area contributed by atoms with Gasteiger partial charge in [-0.25, -0.2) is 0 Å². The van der Waals surface area contributed by atoms with Gasteiger partial charge in [0, 0.05) is 25.3 Å². The van der Waals surface area contributed by atoms with E-state index in [9.17, 15) is 0 Å². The fourth-order valence-electron chi connectivity index (χ4n) is 2.72. The van der Waals surface area contributed by atoms with Crippen LogP contribution in [0.5, 0.6) is 0 Å². The summed E-state index contributed by atoms with van der Waals surface area (Å²) in [4.78, 5) is 2.53. The Labute approximate surface area is 122 Å². The van der Waals surface area contributed by atoms with Gasteiger partial charge in [0.15, 0.2) is 0 Å². The Morgan fingerprint density at radius 2 is 2.00 bits per heavy atom. The molecule has 0 saturated carbocycles. The van der Waals surface area contributed by atoms with Crippen LogP contribution in [-0.4, -0.2) is 31.6 Å². The molecule has 0 aromatic heterocycles. The molecule has 0 spiro atoms. The van der Waals surface area contributed by atoms with Crippen molar-refractivity contribution in [3.63, 3.8) is 0 Å². The van der Waals surface area contributed by atoms with Crippen LogP contribution in [0.15, 0.2) is 24.3 Å². The third kappa shape index (κ3) is 4.43. The summed E-state index contributed by atoms with van der Waals surface area (Å²) in [5.74, 6) is 1.98. The summed E-state index contributed by atoms with van der Waals surface area (Å²) < 4.78 is 0. The van der Waals surface area contributed by atoms with Crippen LogP contribution in [0.1, 0.15) is 25.3 Å². The van der Waals surface area contributed by atoms with E-state index in [1.807, 2.05) is 11.8 Å². The normalized spacial score (nSPS) is 16.8. The first-order valence-corrected chi connectivity index (χ1v) is 8.73. The molecule has 1 N–H and O–H groups in total. The van der Waals surface area contributed by atoms with Crippen molar-refractivity contribution in [3.05, 3.63) is 29.8 Å². The third-order valence-corrected chi connectivity index (χ3v) is 4.60. The first kappa shape index (κ1) is 14.7. The Bertz CT molecular complexity index is 375. The van der Waals surface area contributed by atoms with E-state index in [4.69, 9.17) is 0 Å². The lowest BCUT2D eigenvalue weighted by molar-refractivity contribution is 0.559. The highest BCUT2D eigenvalue weighted by Gasteiger charge is 2.14. The second-order valence-corrected chi connectivity index (χ2v) is 6.42. The molecule has 3 heteroatoms. The van der Waals surface area contributed by atoms with Crippen molar-refractivity contribution in [2.75, 3.05) is 36.5 Å². The Kier molecular flexibility index (Phi) is 6.05. The zero-order valence-electron chi connectivity index (χ0n) is 12.2. The van der Waals surface area contributed by atoms with E-state index >= 15 is 0 Å². The van der Waals surface area contributed by atoms with Crippen molar-refractivity contribution < 1.29 is 0 Å². The molecule has 0 aliphatic carbocycles. The lowest BCUT2D eigenvalue weighted by Crippen LogP contribution is -2.24. The van der Waals surface area contributed by atoms with Crippen molar-refractivity contribution in [2.45, 2.75) is 26.3 Å². The maximum Gasteiger partial charge on any atom is 0.0411 e. The second kappa shape index (κ2) is 7.81. The van der Waals surface area contributed by atoms with Gasteiger partial charge < -0.3 is 10.2 Å². The molecule has 2 rings (SSSR count). The third-order valence-electron chi connectivity index (χ3n) is 3.70. The van der Waals surface area contributed by atoms with Crippen LogP contribution in [0, 0.1) is 5.92 Å². The molecule has 106 valence electrons. The molecular formula is C16H26N2S. The maximum atomic E-state index is 3.61. The highest BCUT2D eigenvalue weighted by atomic mass is 32.2. The van der Waals surface area contributed by atoms with Gasteiger partial charge in [-0.15, -0.1) is 0 Å². The van der Waals surface area contributed by atoms with Gasteiger partial charge >= 0.3 is 0 Å². The van der Waals surface area contributed by atoms with Gasteiger partial charge in [0.1, 0.15) is 0 Å². The zero-order valence-corrected chi connectivity index (χ0v) is 13.0. The SMILES string of the molecule is CSCC(C)CNCc1ccccc1N1CCCC1. The largest absolute Gasteiger partial charge is 0.371 e. The summed E-state index contributed by atoms with van der Waals surface area (Å²) in [6, 6.07) is 8.85. The maximum absolute atomic E-state index is 3.61. The quantitative estimate of drug-likeness (QED) is 0.823. The highest BCUT2D eigenvalue weighted by Crippen LogP contribution is 2.24. The van der Waals surface area contributed by atoms with Crippen LogP contribution >= 0.6 is 11.8 Å². The van der Waals surface area contributed by atoms with E-state index in [1.165, 1.54) is 42.9 Å². The van der Waals surface area contributed by atoms with E-state index in [-0.39, 0.29) is 0 Å². The summed E-state index contributed by atoms with van der Waals surface area (Å²) in [7, 11) is 0. The van der Waals surface area contributed by atoms with E-state index in [1.54, 1.807) is 0 Å². The molecule has 1 aliphatic rings. The number of anilines is 1. The fraction of sp³-hybridized carbons (Fsp3) is 0.625. The Morgan fingerprint density at radius 1 is 1.26 bits per heavy atom. The van der Waals surface area contributed by atoms with Gasteiger partial charge in [-0.2, -0.15) is 11.8 Å². The van der Waals surface area contributed by atoms with Gasteiger partial charge in [-0.3, -0.25) is 0 Å². The minimum Gasteiger partial charge on any atom is -0.371 e. The Hall–Kier alpha value is -0.670. The summed E-state index contributed by atoms with van der Waals surface area (Å²) >= 11 is 1.93. The van der Waals surface area contributed by atoms with Gasteiger partial charge in [-0.1, -0.05) is 25.1 Å². The van der Waals surface area contributed by atoms with Crippen LogP contribution in [0.3, 0.4) is 0 Å². The summed E-state index contributed by atoms with van der Waals surface area (Å²) in [5.41, 5.74) is 2.88. The second-order valence-electron chi connectivity index (χ2n) is 5.51. The van der Waals surface area contributed by atoms with Gasteiger partial charge in [0.25, 0.3) is 0 Å². The van der Waals surface area contributed by atoms with Gasteiger partial charge in [0.05, 0.1) is 0 Å². The number of hydrogen-bond acceptors (Lipinski definition) is 3. The minimum absolute atomic E-state index is 0.744. The van der Waals surface area contributed by atoms with E-state index in [0.29, 0.717) is 0 Å². The van der Waals surface area contributed by atoms with Crippen LogP contribution in [0.2, 0.25) is 0 Å². The van der Waals surface area contributed by atoms with E-state index in [2.05, 4.69) is 47.7 Å². The van der Waals surface area contributed by atoms with Crippen molar-refractivity contribution in [1.29, 1.82) is 0 Å². The molecule has 1 aromatic rings. The molecule has 1 saturated heterocycles. The summed E-state index contributed by atoms with van der Waals surface area (Å²) in [6.07, 6.45) is 4.86. The number of nitrogens with one attached hydrogen (secondary N) is 1. The van der Waals surface area contributed by atoms with Crippen molar-refractivity contribution >= 4 is 17.4 Å². The topological polar surface area (TPSA) is 15.3 Å². The highest BCUT2D eigenvalue weighted by molar-refractivity contribution is 7.98. The number of nitrogens with zero attached hydrogens (tertiary/aromatic N) is 1. The van der Waals surface area contributed by atoms with Crippen LogP contribution in [0.25, 0.3) is 0 Å². The van der Waals surface area contributed by atoms with Crippen molar-refractivity contribution in [3.8, 4) is 0 Å². The first-order valence-electron chi connectivity index (χ1n) is 7.33. The zero-order chi connectivity index (χ0) is 13.5. The number of thioether (sulfide) groups is 1. The lowest BCUT2D eigenvalue weighted by Gasteiger charge is -2.22. The molecule has 1 unspecified atom stereocenters. The molecule has 1 atom stereocenters. The van der Waals surface area contributed by atoms with Crippen molar-refractivity contribution in [2.24, 2.45) is 5.92 Å². The van der Waals surface area contributed by atoms with Gasteiger partial charge in [0.2, 0.25) is 0 Å². The number of rotatable bonds is 7. The number of para-hydroxylation sites is 1. The fourth-order valence-corrected chi connectivity index (χ4v) is 3.41. The average molecular weight is 278 g/mol. The summed E-state index contributed by atoms with van der Waals surface area (Å²) in [5, 5.41) is 3.61. The molecule has 2 nitrogen and oxygen atoms in total. The Balaban J connectivity index is 1.89.